The minimum Gasteiger partial charge on any atom is -0.389 e. The highest BCUT2D eigenvalue weighted by atomic mass is 16.3. The lowest BCUT2D eigenvalue weighted by Crippen LogP contribution is -2.12. The Bertz CT molecular complexity index is 72.2. The first-order valence-electron chi connectivity index (χ1n) is 2.68. The first kappa shape index (κ1) is 5.10. The van der Waals surface area contributed by atoms with Crippen molar-refractivity contribution in [1.29, 1.82) is 0 Å². The fourth-order valence-corrected chi connectivity index (χ4v) is 0.618. The van der Waals surface area contributed by atoms with Crippen LogP contribution in [0.1, 0.15) is 26.7 Å². The van der Waals surface area contributed by atoms with Crippen LogP contribution in [0.5, 0.6) is 0 Å². The van der Waals surface area contributed by atoms with Crippen molar-refractivity contribution >= 4 is 0 Å². The van der Waals surface area contributed by atoms with E-state index in [2.05, 4.69) is 0 Å². The van der Waals surface area contributed by atoms with Gasteiger partial charge in [-0.3, -0.25) is 0 Å². The summed E-state index contributed by atoms with van der Waals surface area (Å²) >= 11 is 0. The van der Waals surface area contributed by atoms with Crippen molar-refractivity contribution in [2.75, 3.05) is 0 Å². The van der Waals surface area contributed by atoms with Crippen LogP contribution in [-0.4, -0.2) is 10.7 Å². The maximum Gasteiger partial charge on any atom is 0.0706 e. The van der Waals surface area contributed by atoms with Crippen LogP contribution < -0.4 is 0 Å². The van der Waals surface area contributed by atoms with Crippen LogP contribution >= 0.6 is 0 Å². The summed E-state index contributed by atoms with van der Waals surface area (Å²) in [4.78, 5) is 0. The SMILES string of the molecule is C[C](C)C1(O)CC1. The van der Waals surface area contributed by atoms with Gasteiger partial charge in [-0.2, -0.15) is 0 Å². The third kappa shape index (κ3) is 0.778. The zero-order chi connectivity index (χ0) is 5.49. The van der Waals surface area contributed by atoms with Gasteiger partial charge in [-0.25, -0.2) is 0 Å². The minimum atomic E-state index is -0.333. The molecule has 0 amide bonds. The summed E-state index contributed by atoms with van der Waals surface area (Å²) in [7, 11) is 0. The van der Waals surface area contributed by atoms with E-state index in [-0.39, 0.29) is 5.60 Å². The van der Waals surface area contributed by atoms with E-state index in [0.29, 0.717) is 0 Å². The molecule has 0 aromatic rings. The molecule has 1 aliphatic carbocycles. The molecule has 1 radical (unpaired) electrons. The summed E-state index contributed by atoms with van der Waals surface area (Å²) in [5, 5.41) is 9.17. The average Bonchev–Trinajstić information content (AvgIpc) is 2.21. The Hall–Kier alpha value is -0.0400. The molecule has 1 heteroatoms. The maximum absolute atomic E-state index is 9.17. The van der Waals surface area contributed by atoms with Gasteiger partial charge in [0.15, 0.2) is 0 Å². The van der Waals surface area contributed by atoms with Crippen LogP contribution in [0.2, 0.25) is 0 Å². The highest BCUT2D eigenvalue weighted by Gasteiger charge is 2.43. The highest BCUT2D eigenvalue weighted by Crippen LogP contribution is 2.42. The Labute approximate surface area is 44.4 Å². The van der Waals surface area contributed by atoms with Crippen LogP contribution in [0.15, 0.2) is 0 Å². The van der Waals surface area contributed by atoms with Gasteiger partial charge in [-0.1, -0.05) is 13.8 Å². The van der Waals surface area contributed by atoms with Gasteiger partial charge in [-0.05, 0) is 12.8 Å². The fraction of sp³-hybridized carbons (Fsp3) is 0.833. The number of aliphatic hydroxyl groups is 1. The van der Waals surface area contributed by atoms with Crippen LogP contribution in [0.25, 0.3) is 0 Å². The molecule has 41 valence electrons. The van der Waals surface area contributed by atoms with Crippen molar-refractivity contribution < 1.29 is 5.11 Å². The van der Waals surface area contributed by atoms with Crippen LogP contribution in [0, 0.1) is 5.92 Å². The lowest BCUT2D eigenvalue weighted by Gasteiger charge is -2.08. The molecule has 1 N–H and O–H groups in total. The zero-order valence-electron chi connectivity index (χ0n) is 4.86. The molecule has 1 nitrogen and oxygen atoms in total. The standard InChI is InChI=1S/C6H11O/c1-5(2)6(7)3-4-6/h7H,3-4H2,1-2H3. The summed E-state index contributed by atoms with van der Waals surface area (Å²) < 4.78 is 0. The number of hydrogen-bond donors (Lipinski definition) is 1. The molecule has 1 saturated carbocycles. The molecular formula is C6H11O. The van der Waals surface area contributed by atoms with E-state index < -0.39 is 0 Å². The molecule has 0 aromatic heterocycles. The topological polar surface area (TPSA) is 20.2 Å². The monoisotopic (exact) mass is 99.1 g/mol. The second kappa shape index (κ2) is 1.22. The molecule has 7 heavy (non-hydrogen) atoms. The van der Waals surface area contributed by atoms with Crippen molar-refractivity contribution in [3.63, 3.8) is 0 Å². The Kier molecular flexibility index (Phi) is 0.890. The van der Waals surface area contributed by atoms with E-state index in [0.717, 1.165) is 18.8 Å². The normalized spacial score (nSPS) is 25.7. The number of hydrogen-bond acceptors (Lipinski definition) is 1. The van der Waals surface area contributed by atoms with Gasteiger partial charge in [0.25, 0.3) is 0 Å². The highest BCUT2D eigenvalue weighted by molar-refractivity contribution is 5.12. The molecule has 0 aliphatic heterocycles. The predicted octanol–water partition coefficient (Wildman–Crippen LogP) is 1.13. The largest absolute Gasteiger partial charge is 0.389 e. The van der Waals surface area contributed by atoms with E-state index in [9.17, 15) is 0 Å². The molecule has 1 fully saturated rings. The molecule has 1 rings (SSSR count). The van der Waals surface area contributed by atoms with Crippen molar-refractivity contribution in [2.45, 2.75) is 32.3 Å². The van der Waals surface area contributed by atoms with Crippen molar-refractivity contribution in [1.82, 2.24) is 0 Å². The maximum atomic E-state index is 9.17. The Morgan fingerprint density at radius 2 is 1.86 bits per heavy atom. The van der Waals surface area contributed by atoms with Gasteiger partial charge in [0.2, 0.25) is 0 Å². The lowest BCUT2D eigenvalue weighted by molar-refractivity contribution is 0.166. The quantitative estimate of drug-likeness (QED) is 0.522. The van der Waals surface area contributed by atoms with Crippen molar-refractivity contribution in [3.05, 3.63) is 5.92 Å². The van der Waals surface area contributed by atoms with E-state index in [1.165, 1.54) is 0 Å². The molecule has 0 saturated heterocycles. The van der Waals surface area contributed by atoms with E-state index in [1.807, 2.05) is 13.8 Å². The van der Waals surface area contributed by atoms with E-state index in [4.69, 9.17) is 5.11 Å². The number of rotatable bonds is 1. The molecule has 0 atom stereocenters. The second-order valence-electron chi connectivity index (χ2n) is 2.53. The average molecular weight is 99.2 g/mol. The van der Waals surface area contributed by atoms with Gasteiger partial charge in [0, 0.05) is 5.92 Å². The van der Waals surface area contributed by atoms with Crippen molar-refractivity contribution in [2.24, 2.45) is 0 Å². The minimum absolute atomic E-state index is 0.333. The summed E-state index contributed by atoms with van der Waals surface area (Å²) in [6.07, 6.45) is 1.96. The van der Waals surface area contributed by atoms with Crippen LogP contribution in [0.3, 0.4) is 0 Å². The molecule has 0 spiro atoms. The van der Waals surface area contributed by atoms with Crippen LogP contribution in [-0.2, 0) is 0 Å². The van der Waals surface area contributed by atoms with E-state index in [1.54, 1.807) is 0 Å². The van der Waals surface area contributed by atoms with Gasteiger partial charge in [0.1, 0.15) is 0 Å². The first-order valence-corrected chi connectivity index (χ1v) is 2.68. The molecule has 0 bridgehead atoms. The van der Waals surface area contributed by atoms with Gasteiger partial charge in [0.05, 0.1) is 5.60 Å². The molecular weight excluding hydrogens is 88.1 g/mol. The van der Waals surface area contributed by atoms with E-state index >= 15 is 0 Å². The Balaban J connectivity index is 2.39. The molecule has 0 aromatic carbocycles. The smallest absolute Gasteiger partial charge is 0.0706 e. The third-order valence-corrected chi connectivity index (χ3v) is 1.65. The zero-order valence-corrected chi connectivity index (χ0v) is 4.86. The van der Waals surface area contributed by atoms with Gasteiger partial charge in [-0.15, -0.1) is 0 Å². The summed E-state index contributed by atoms with van der Waals surface area (Å²) in [5.74, 6) is 1.16. The Morgan fingerprint density at radius 1 is 1.43 bits per heavy atom. The summed E-state index contributed by atoms with van der Waals surface area (Å²) in [6, 6.07) is 0. The second-order valence-corrected chi connectivity index (χ2v) is 2.53. The first-order chi connectivity index (χ1) is 3.15. The summed E-state index contributed by atoms with van der Waals surface area (Å²) in [5.41, 5.74) is -0.333. The lowest BCUT2D eigenvalue weighted by atomic mass is 10.1. The predicted molar refractivity (Wildman–Crippen MR) is 28.8 cm³/mol. The molecule has 0 unspecified atom stereocenters. The summed E-state index contributed by atoms with van der Waals surface area (Å²) in [6.45, 7) is 3.96. The van der Waals surface area contributed by atoms with Gasteiger partial charge >= 0.3 is 0 Å². The third-order valence-electron chi connectivity index (χ3n) is 1.65. The van der Waals surface area contributed by atoms with Crippen LogP contribution in [0.4, 0.5) is 0 Å². The molecule has 0 heterocycles. The van der Waals surface area contributed by atoms with Crippen molar-refractivity contribution in [3.8, 4) is 0 Å². The Morgan fingerprint density at radius 3 is 1.86 bits per heavy atom. The van der Waals surface area contributed by atoms with Gasteiger partial charge < -0.3 is 5.11 Å². The molecule has 1 aliphatic rings. The fourth-order valence-electron chi connectivity index (χ4n) is 0.618.